The van der Waals surface area contributed by atoms with E-state index in [1.807, 2.05) is 0 Å². The minimum atomic E-state index is -0.258. The maximum Gasteiger partial charge on any atom is 0.123 e. The maximum absolute atomic E-state index is 12.8. The van der Waals surface area contributed by atoms with Crippen molar-refractivity contribution in [3.63, 3.8) is 0 Å². The normalized spacial score (nSPS) is 19.7. The van der Waals surface area contributed by atoms with Crippen LogP contribution in [0.1, 0.15) is 11.5 Å². The van der Waals surface area contributed by atoms with E-state index in [1.165, 1.54) is 12.1 Å². The van der Waals surface area contributed by atoms with Gasteiger partial charge in [-0.1, -0.05) is 0 Å². The van der Waals surface area contributed by atoms with Gasteiger partial charge in [0, 0.05) is 11.5 Å². The van der Waals surface area contributed by atoms with Gasteiger partial charge >= 0.3 is 0 Å². The molecule has 0 saturated heterocycles. The van der Waals surface area contributed by atoms with Gasteiger partial charge in [-0.3, -0.25) is 0 Å². The predicted molar refractivity (Wildman–Crippen MR) is 44.8 cm³/mol. The molecule has 1 aliphatic rings. The molecule has 2 N–H and O–H groups in total. The van der Waals surface area contributed by atoms with Gasteiger partial charge in [0.25, 0.3) is 0 Å². The first kappa shape index (κ1) is 8.47. The molecule has 0 aromatic heterocycles. The van der Waals surface area contributed by atoms with E-state index in [9.17, 15) is 4.39 Å². The van der Waals surface area contributed by atoms with Crippen molar-refractivity contribution in [1.82, 2.24) is 0 Å². The lowest BCUT2D eigenvalue weighted by Gasteiger charge is -2.05. The van der Waals surface area contributed by atoms with Gasteiger partial charge in [0.2, 0.25) is 0 Å². The zero-order chi connectivity index (χ0) is 9.26. The van der Waals surface area contributed by atoms with E-state index in [1.54, 1.807) is 6.07 Å². The molecule has 70 valence electrons. The molecule has 3 nitrogen and oxygen atoms in total. The van der Waals surface area contributed by atoms with E-state index in [2.05, 4.69) is 4.84 Å². The molecule has 13 heavy (non-hydrogen) atoms. The molecule has 1 atom stereocenters. The summed E-state index contributed by atoms with van der Waals surface area (Å²) in [5, 5.41) is 0. The van der Waals surface area contributed by atoms with Gasteiger partial charge in [0.1, 0.15) is 11.6 Å². The lowest BCUT2D eigenvalue weighted by atomic mass is 10.0. The Morgan fingerprint density at radius 3 is 3.23 bits per heavy atom. The highest BCUT2D eigenvalue weighted by atomic mass is 19.1. The zero-order valence-corrected chi connectivity index (χ0v) is 7.00. The van der Waals surface area contributed by atoms with Crippen molar-refractivity contribution in [2.24, 2.45) is 5.90 Å². The first-order valence-electron chi connectivity index (χ1n) is 4.05. The Morgan fingerprint density at radius 1 is 1.62 bits per heavy atom. The standard InChI is InChI=1S/C9H10FNO2/c10-7-1-2-9-8(3-7)6(4-12-9)5-13-11/h1-3,6H,4-5,11H2. The van der Waals surface area contributed by atoms with Crippen LogP contribution in [0, 0.1) is 5.82 Å². The quantitative estimate of drug-likeness (QED) is 0.700. The fourth-order valence-electron chi connectivity index (χ4n) is 1.50. The number of fused-ring (bicyclic) bond motifs is 1. The molecule has 0 spiro atoms. The van der Waals surface area contributed by atoms with Crippen LogP contribution in [0.15, 0.2) is 18.2 Å². The Labute approximate surface area is 75.2 Å². The molecular formula is C9H10FNO2. The summed E-state index contributed by atoms with van der Waals surface area (Å²) in [7, 11) is 0. The van der Waals surface area contributed by atoms with Crippen LogP contribution in [0.2, 0.25) is 0 Å². The second-order valence-corrected chi connectivity index (χ2v) is 3.02. The summed E-state index contributed by atoms with van der Waals surface area (Å²) in [6, 6.07) is 4.47. The van der Waals surface area contributed by atoms with Crippen LogP contribution < -0.4 is 10.6 Å². The van der Waals surface area contributed by atoms with Crippen molar-refractivity contribution in [1.29, 1.82) is 0 Å². The SMILES string of the molecule is NOCC1COc2ccc(F)cc21. The highest BCUT2D eigenvalue weighted by molar-refractivity contribution is 5.40. The fourth-order valence-corrected chi connectivity index (χ4v) is 1.50. The fraction of sp³-hybridized carbons (Fsp3) is 0.333. The Balaban J connectivity index is 2.29. The van der Waals surface area contributed by atoms with Gasteiger partial charge < -0.3 is 9.57 Å². The molecule has 4 heteroatoms. The van der Waals surface area contributed by atoms with Crippen LogP contribution in [0.4, 0.5) is 4.39 Å². The summed E-state index contributed by atoms with van der Waals surface area (Å²) in [5.41, 5.74) is 0.838. The summed E-state index contributed by atoms with van der Waals surface area (Å²) < 4.78 is 18.2. The highest BCUT2D eigenvalue weighted by Crippen LogP contribution is 2.33. The highest BCUT2D eigenvalue weighted by Gasteiger charge is 2.24. The molecule has 0 radical (unpaired) electrons. The summed E-state index contributed by atoms with van der Waals surface area (Å²) in [4.78, 5) is 4.52. The molecule has 0 amide bonds. The molecule has 0 bridgehead atoms. The second kappa shape index (κ2) is 3.32. The summed E-state index contributed by atoms with van der Waals surface area (Å²) in [6.45, 7) is 0.867. The number of rotatable bonds is 2. The number of benzene rings is 1. The first-order chi connectivity index (χ1) is 6.31. The molecule has 1 unspecified atom stereocenters. The van der Waals surface area contributed by atoms with E-state index < -0.39 is 0 Å². The third kappa shape index (κ3) is 1.50. The molecule has 1 aromatic carbocycles. The van der Waals surface area contributed by atoms with Crippen molar-refractivity contribution in [3.05, 3.63) is 29.6 Å². The predicted octanol–water partition coefficient (Wildman–Crippen LogP) is 1.19. The van der Waals surface area contributed by atoms with Gasteiger partial charge in [0.15, 0.2) is 0 Å². The van der Waals surface area contributed by atoms with Gasteiger partial charge in [0.05, 0.1) is 13.2 Å². The van der Waals surface area contributed by atoms with Crippen LogP contribution in [0.25, 0.3) is 0 Å². The van der Waals surface area contributed by atoms with Crippen molar-refractivity contribution in [2.75, 3.05) is 13.2 Å². The Bertz CT molecular complexity index is 314. The largest absolute Gasteiger partial charge is 0.493 e. The first-order valence-corrected chi connectivity index (χ1v) is 4.05. The third-order valence-corrected chi connectivity index (χ3v) is 2.15. The van der Waals surface area contributed by atoms with E-state index >= 15 is 0 Å². The Kier molecular flexibility index (Phi) is 2.16. The Hall–Kier alpha value is -1.13. The molecule has 1 aromatic rings. The topological polar surface area (TPSA) is 44.5 Å². The Morgan fingerprint density at radius 2 is 2.46 bits per heavy atom. The number of halogens is 1. The van der Waals surface area contributed by atoms with E-state index in [-0.39, 0.29) is 11.7 Å². The van der Waals surface area contributed by atoms with Crippen LogP contribution in [0.5, 0.6) is 5.75 Å². The number of hydrogen-bond acceptors (Lipinski definition) is 3. The van der Waals surface area contributed by atoms with Crippen LogP contribution in [-0.4, -0.2) is 13.2 Å². The molecule has 0 saturated carbocycles. The van der Waals surface area contributed by atoms with E-state index in [0.717, 1.165) is 11.3 Å². The van der Waals surface area contributed by atoms with Gasteiger partial charge in [-0.05, 0) is 18.2 Å². The van der Waals surface area contributed by atoms with Gasteiger partial charge in [-0.2, -0.15) is 0 Å². The monoisotopic (exact) mass is 183 g/mol. The summed E-state index contributed by atoms with van der Waals surface area (Å²) in [6.07, 6.45) is 0. The number of hydrogen-bond donors (Lipinski definition) is 1. The molecule has 2 rings (SSSR count). The van der Waals surface area contributed by atoms with Crippen molar-refractivity contribution in [3.8, 4) is 5.75 Å². The average molecular weight is 183 g/mol. The van der Waals surface area contributed by atoms with Gasteiger partial charge in [-0.15, -0.1) is 0 Å². The van der Waals surface area contributed by atoms with Crippen LogP contribution in [0.3, 0.4) is 0 Å². The van der Waals surface area contributed by atoms with Crippen molar-refractivity contribution in [2.45, 2.75) is 5.92 Å². The average Bonchev–Trinajstić information content (AvgIpc) is 2.49. The molecule has 1 aliphatic heterocycles. The smallest absolute Gasteiger partial charge is 0.123 e. The summed E-state index contributed by atoms with van der Waals surface area (Å²) >= 11 is 0. The molecule has 0 fully saturated rings. The lowest BCUT2D eigenvalue weighted by Crippen LogP contribution is -2.12. The van der Waals surface area contributed by atoms with Crippen molar-refractivity contribution >= 4 is 0 Å². The second-order valence-electron chi connectivity index (χ2n) is 3.02. The zero-order valence-electron chi connectivity index (χ0n) is 7.00. The lowest BCUT2D eigenvalue weighted by molar-refractivity contribution is 0.115. The van der Waals surface area contributed by atoms with Gasteiger partial charge in [-0.25, -0.2) is 10.3 Å². The van der Waals surface area contributed by atoms with Crippen LogP contribution >= 0.6 is 0 Å². The van der Waals surface area contributed by atoms with Crippen molar-refractivity contribution < 1.29 is 14.0 Å². The molecular weight excluding hydrogens is 173 g/mol. The number of ether oxygens (including phenoxy) is 1. The minimum absolute atomic E-state index is 0.0516. The third-order valence-electron chi connectivity index (χ3n) is 2.15. The molecule has 0 aliphatic carbocycles. The van der Waals surface area contributed by atoms with E-state index in [4.69, 9.17) is 10.6 Å². The number of nitrogens with two attached hydrogens (primary N) is 1. The maximum atomic E-state index is 12.8. The summed E-state index contributed by atoms with van der Waals surface area (Å²) in [5.74, 6) is 5.47. The van der Waals surface area contributed by atoms with E-state index in [0.29, 0.717) is 13.2 Å². The van der Waals surface area contributed by atoms with Crippen LogP contribution in [-0.2, 0) is 4.84 Å². The minimum Gasteiger partial charge on any atom is -0.493 e. The molecule has 1 heterocycles.